The van der Waals surface area contributed by atoms with E-state index < -0.39 is 11.7 Å². The molecular formula is C16H13FN2O2. The molecule has 0 aliphatic carbocycles. The van der Waals surface area contributed by atoms with Crippen LogP contribution in [0, 0.1) is 24.6 Å². The van der Waals surface area contributed by atoms with Gasteiger partial charge in [-0.25, -0.2) is 9.37 Å². The van der Waals surface area contributed by atoms with E-state index in [0.29, 0.717) is 5.82 Å². The fraction of sp³-hybridized carbons (Fsp3) is 0.125. The number of carbonyl (C=O) groups excluding carboxylic acids is 1. The summed E-state index contributed by atoms with van der Waals surface area (Å²) in [6, 6.07) is 7.22. The second-order valence-corrected chi connectivity index (χ2v) is 4.32. The summed E-state index contributed by atoms with van der Waals surface area (Å²) >= 11 is 0. The number of benzene rings is 1. The van der Waals surface area contributed by atoms with Crippen LogP contribution in [0.25, 0.3) is 0 Å². The van der Waals surface area contributed by atoms with Crippen molar-refractivity contribution in [3.63, 3.8) is 0 Å². The minimum absolute atomic E-state index is 0.217. The zero-order valence-corrected chi connectivity index (χ0v) is 11.4. The predicted molar refractivity (Wildman–Crippen MR) is 77.3 cm³/mol. The van der Waals surface area contributed by atoms with Crippen molar-refractivity contribution in [2.45, 2.75) is 6.92 Å². The first-order valence-corrected chi connectivity index (χ1v) is 6.23. The molecule has 0 aliphatic heterocycles. The molecule has 0 unspecified atom stereocenters. The molecule has 1 aromatic heterocycles. The van der Waals surface area contributed by atoms with Gasteiger partial charge in [-0.3, -0.25) is 4.79 Å². The summed E-state index contributed by atoms with van der Waals surface area (Å²) in [7, 11) is 0. The molecular weight excluding hydrogens is 271 g/mol. The van der Waals surface area contributed by atoms with Gasteiger partial charge in [-0.2, -0.15) is 0 Å². The van der Waals surface area contributed by atoms with E-state index in [2.05, 4.69) is 22.1 Å². The van der Waals surface area contributed by atoms with Gasteiger partial charge in [0.05, 0.1) is 5.56 Å². The molecule has 4 nitrogen and oxygen atoms in total. The number of anilines is 1. The third kappa shape index (κ3) is 3.88. The van der Waals surface area contributed by atoms with Gasteiger partial charge in [0.2, 0.25) is 0 Å². The molecule has 0 fully saturated rings. The predicted octanol–water partition coefficient (Wildman–Crippen LogP) is 2.13. The van der Waals surface area contributed by atoms with E-state index in [9.17, 15) is 9.18 Å². The van der Waals surface area contributed by atoms with Gasteiger partial charge in [-0.1, -0.05) is 11.8 Å². The lowest BCUT2D eigenvalue weighted by Gasteiger charge is -2.07. The summed E-state index contributed by atoms with van der Waals surface area (Å²) in [6.07, 6.45) is 1.59. The number of hydrogen-bond donors (Lipinski definition) is 2. The van der Waals surface area contributed by atoms with Crippen molar-refractivity contribution in [2.24, 2.45) is 0 Å². The minimum atomic E-state index is -0.498. The molecule has 0 saturated carbocycles. The van der Waals surface area contributed by atoms with Crippen LogP contribution in [0.15, 0.2) is 36.5 Å². The number of carbonyl (C=O) groups is 1. The first kappa shape index (κ1) is 14.7. The highest BCUT2D eigenvalue weighted by molar-refractivity contribution is 6.05. The van der Waals surface area contributed by atoms with E-state index in [1.54, 1.807) is 12.3 Å². The van der Waals surface area contributed by atoms with Crippen LogP contribution in [0.1, 0.15) is 21.5 Å². The van der Waals surface area contributed by atoms with Gasteiger partial charge in [-0.05, 0) is 42.8 Å². The summed E-state index contributed by atoms with van der Waals surface area (Å²) < 4.78 is 13.2. The first-order valence-electron chi connectivity index (χ1n) is 6.23. The maximum atomic E-state index is 13.2. The van der Waals surface area contributed by atoms with Crippen LogP contribution in [0.5, 0.6) is 0 Å². The summed E-state index contributed by atoms with van der Waals surface area (Å²) in [5, 5.41) is 11.3. The van der Waals surface area contributed by atoms with Gasteiger partial charge in [0.1, 0.15) is 18.2 Å². The molecule has 0 bridgehead atoms. The fourth-order valence-electron chi connectivity index (χ4n) is 1.74. The average Bonchev–Trinajstić information content (AvgIpc) is 2.45. The molecule has 0 aliphatic rings. The number of hydrogen-bond acceptors (Lipinski definition) is 3. The Labute approximate surface area is 121 Å². The molecule has 106 valence electrons. The van der Waals surface area contributed by atoms with Gasteiger partial charge in [0, 0.05) is 11.8 Å². The highest BCUT2D eigenvalue weighted by atomic mass is 19.1. The van der Waals surface area contributed by atoms with Crippen LogP contribution in [-0.2, 0) is 0 Å². The maximum Gasteiger partial charge on any atom is 0.258 e. The normalized spacial score (nSPS) is 9.67. The highest BCUT2D eigenvalue weighted by Crippen LogP contribution is 2.13. The van der Waals surface area contributed by atoms with Crippen molar-refractivity contribution < 1.29 is 14.3 Å². The Balaban J connectivity index is 2.30. The topological polar surface area (TPSA) is 62.2 Å². The Bertz CT molecular complexity index is 733. The molecule has 0 atom stereocenters. The van der Waals surface area contributed by atoms with Gasteiger partial charge >= 0.3 is 0 Å². The number of halogens is 1. The van der Waals surface area contributed by atoms with Crippen molar-refractivity contribution in [3.05, 3.63) is 59.0 Å². The van der Waals surface area contributed by atoms with Gasteiger partial charge in [0.25, 0.3) is 5.91 Å². The van der Waals surface area contributed by atoms with Crippen LogP contribution in [-0.4, -0.2) is 22.6 Å². The number of nitrogens with one attached hydrogen (secondary N) is 1. The molecule has 1 heterocycles. The van der Waals surface area contributed by atoms with Crippen molar-refractivity contribution in [1.29, 1.82) is 0 Å². The lowest BCUT2D eigenvalue weighted by atomic mass is 10.1. The quantitative estimate of drug-likeness (QED) is 0.830. The molecule has 0 saturated heterocycles. The number of aromatic nitrogens is 1. The van der Waals surface area contributed by atoms with Gasteiger partial charge < -0.3 is 10.4 Å². The molecule has 1 amide bonds. The van der Waals surface area contributed by atoms with E-state index in [0.717, 1.165) is 11.6 Å². The summed E-state index contributed by atoms with van der Waals surface area (Å²) in [5.74, 6) is 4.44. The number of pyridine rings is 1. The third-order valence-electron chi connectivity index (χ3n) is 2.69. The number of rotatable bonds is 2. The zero-order valence-electron chi connectivity index (χ0n) is 11.4. The van der Waals surface area contributed by atoms with Crippen LogP contribution < -0.4 is 5.32 Å². The van der Waals surface area contributed by atoms with Crippen molar-refractivity contribution in [3.8, 4) is 11.8 Å². The van der Waals surface area contributed by atoms with E-state index in [1.807, 2.05) is 13.0 Å². The summed E-state index contributed by atoms with van der Waals surface area (Å²) in [4.78, 5) is 16.2. The largest absolute Gasteiger partial charge is 0.384 e. The molecule has 0 spiro atoms. The van der Waals surface area contributed by atoms with Gasteiger partial charge in [0.15, 0.2) is 0 Å². The van der Waals surface area contributed by atoms with E-state index in [1.165, 1.54) is 12.1 Å². The zero-order chi connectivity index (χ0) is 15.2. The second kappa shape index (κ2) is 6.64. The average molecular weight is 284 g/mol. The standard InChI is InChI=1S/C16H13FN2O2/c1-11-6-7-18-15(9-11)19-16(21)14-5-4-13(17)10-12(14)3-2-8-20/h4-7,9-10,20H,8H2,1H3,(H,18,19,21). The highest BCUT2D eigenvalue weighted by Gasteiger charge is 2.12. The Morgan fingerprint density at radius 2 is 2.19 bits per heavy atom. The number of amides is 1. The van der Waals surface area contributed by atoms with Crippen LogP contribution in [0.4, 0.5) is 10.2 Å². The maximum absolute atomic E-state index is 13.2. The van der Waals surface area contributed by atoms with Crippen LogP contribution in [0.2, 0.25) is 0 Å². The Morgan fingerprint density at radius 1 is 1.38 bits per heavy atom. The molecule has 1 aromatic carbocycles. The fourth-order valence-corrected chi connectivity index (χ4v) is 1.74. The van der Waals surface area contributed by atoms with Crippen LogP contribution in [0.3, 0.4) is 0 Å². The van der Waals surface area contributed by atoms with E-state index in [-0.39, 0.29) is 17.7 Å². The molecule has 5 heteroatoms. The second-order valence-electron chi connectivity index (χ2n) is 4.32. The Kier molecular flexibility index (Phi) is 4.64. The lowest BCUT2D eigenvalue weighted by molar-refractivity contribution is 0.102. The number of aliphatic hydroxyl groups excluding tert-OH is 1. The SMILES string of the molecule is Cc1ccnc(NC(=O)c2ccc(F)cc2C#CCO)c1. The van der Waals surface area contributed by atoms with Crippen molar-refractivity contribution >= 4 is 11.7 Å². The summed E-state index contributed by atoms with van der Waals surface area (Å²) in [5.41, 5.74) is 1.40. The van der Waals surface area contributed by atoms with Crippen molar-refractivity contribution in [2.75, 3.05) is 11.9 Å². The number of nitrogens with zero attached hydrogens (tertiary/aromatic N) is 1. The van der Waals surface area contributed by atoms with Crippen molar-refractivity contribution in [1.82, 2.24) is 4.98 Å². The lowest BCUT2D eigenvalue weighted by Crippen LogP contribution is -2.14. The molecule has 2 N–H and O–H groups in total. The van der Waals surface area contributed by atoms with E-state index >= 15 is 0 Å². The third-order valence-corrected chi connectivity index (χ3v) is 2.69. The number of aliphatic hydroxyl groups is 1. The minimum Gasteiger partial charge on any atom is -0.384 e. The molecule has 2 rings (SSSR count). The first-order chi connectivity index (χ1) is 10.1. The Morgan fingerprint density at radius 3 is 2.90 bits per heavy atom. The monoisotopic (exact) mass is 284 g/mol. The molecule has 0 radical (unpaired) electrons. The number of aryl methyl sites for hydroxylation is 1. The smallest absolute Gasteiger partial charge is 0.258 e. The molecule has 2 aromatic rings. The summed E-state index contributed by atoms with van der Waals surface area (Å²) in [6.45, 7) is 1.52. The van der Waals surface area contributed by atoms with E-state index in [4.69, 9.17) is 5.11 Å². The van der Waals surface area contributed by atoms with Crippen LogP contribution >= 0.6 is 0 Å². The van der Waals surface area contributed by atoms with Gasteiger partial charge in [-0.15, -0.1) is 0 Å². The Hall–Kier alpha value is -2.71. The molecule has 21 heavy (non-hydrogen) atoms.